The number of unbranched alkanes of at least 4 members (excludes halogenated alkanes) is 1. The third-order valence-corrected chi connectivity index (χ3v) is 6.53. The number of rotatable bonds is 9. The Bertz CT molecular complexity index is 695. The lowest BCUT2D eigenvalue weighted by Gasteiger charge is -2.16. The first-order chi connectivity index (χ1) is 13.0. The first kappa shape index (κ1) is 19.5. The normalized spacial score (nSPS) is 23.4. The maximum absolute atomic E-state index is 11.9. The van der Waals surface area contributed by atoms with Crippen LogP contribution in [-0.4, -0.2) is 52.6 Å². The Kier molecular flexibility index (Phi) is 6.60. The monoisotopic (exact) mass is 391 g/mol. The smallest absolute Gasteiger partial charge is 0.335 e. The summed E-state index contributed by atoms with van der Waals surface area (Å²) < 4.78 is 0. The predicted molar refractivity (Wildman–Crippen MR) is 104 cm³/mol. The van der Waals surface area contributed by atoms with E-state index in [0.717, 1.165) is 30.6 Å². The van der Waals surface area contributed by atoms with E-state index in [1.54, 1.807) is 24.3 Å². The number of hydrogen-bond acceptors (Lipinski definition) is 4. The molecule has 0 bridgehead atoms. The number of carboxylic acids is 1. The minimum Gasteiger partial charge on any atom is -0.478 e. The van der Waals surface area contributed by atoms with E-state index in [2.05, 4.69) is 16.0 Å². The van der Waals surface area contributed by atoms with Gasteiger partial charge in [0.1, 0.15) is 0 Å². The van der Waals surface area contributed by atoms with Gasteiger partial charge in [0.15, 0.2) is 0 Å². The van der Waals surface area contributed by atoms with Crippen LogP contribution in [0.4, 0.5) is 4.79 Å². The number of nitrogens with one attached hydrogen (secondary N) is 3. The third-order valence-electron chi connectivity index (χ3n) is 5.02. The van der Waals surface area contributed by atoms with Crippen molar-refractivity contribution in [2.45, 2.75) is 49.4 Å². The number of carbonyl (C=O) groups is 3. The number of hydrogen-bond donors (Lipinski definition) is 4. The summed E-state index contributed by atoms with van der Waals surface area (Å²) in [4.78, 5) is 34.1. The van der Waals surface area contributed by atoms with Crippen LogP contribution < -0.4 is 16.0 Å². The molecule has 0 radical (unpaired) electrons. The van der Waals surface area contributed by atoms with E-state index in [1.165, 1.54) is 0 Å². The maximum Gasteiger partial charge on any atom is 0.335 e. The topological polar surface area (TPSA) is 108 Å². The highest BCUT2D eigenvalue weighted by molar-refractivity contribution is 8.00. The molecular weight excluding hydrogens is 366 g/mol. The number of benzene rings is 1. The average molecular weight is 391 g/mol. The summed E-state index contributed by atoms with van der Waals surface area (Å²) in [7, 11) is 0. The molecule has 0 saturated carbocycles. The van der Waals surface area contributed by atoms with E-state index in [1.807, 2.05) is 11.8 Å². The van der Waals surface area contributed by atoms with Crippen molar-refractivity contribution in [3.63, 3.8) is 0 Å². The lowest BCUT2D eigenvalue weighted by molar-refractivity contribution is -0.121. The number of fused-ring (bicyclic) bond motifs is 1. The maximum atomic E-state index is 11.9. The first-order valence-corrected chi connectivity index (χ1v) is 10.4. The van der Waals surface area contributed by atoms with Crippen LogP contribution in [0.3, 0.4) is 0 Å². The van der Waals surface area contributed by atoms with Gasteiger partial charge >= 0.3 is 12.0 Å². The van der Waals surface area contributed by atoms with Crippen LogP contribution >= 0.6 is 11.8 Å². The van der Waals surface area contributed by atoms with E-state index in [0.29, 0.717) is 24.6 Å². The number of carboxylic acid groups (broad SMARTS) is 1. The summed E-state index contributed by atoms with van der Waals surface area (Å²) in [6.07, 6.45) is 4.01. The summed E-state index contributed by atoms with van der Waals surface area (Å²) in [5.74, 6) is 0.0695. The van der Waals surface area contributed by atoms with E-state index in [9.17, 15) is 14.4 Å². The van der Waals surface area contributed by atoms with Gasteiger partial charge in [-0.05, 0) is 37.0 Å². The summed E-state index contributed by atoms with van der Waals surface area (Å²) in [5.41, 5.74) is 1.27. The molecule has 2 saturated heterocycles. The van der Waals surface area contributed by atoms with Gasteiger partial charge in [-0.2, -0.15) is 11.8 Å². The molecule has 0 aromatic heterocycles. The molecule has 3 amide bonds. The minimum atomic E-state index is -0.937. The number of aromatic carboxylic acids is 1. The van der Waals surface area contributed by atoms with Crippen molar-refractivity contribution in [2.24, 2.45) is 0 Å². The van der Waals surface area contributed by atoms with Crippen molar-refractivity contribution in [2.75, 3.05) is 12.3 Å². The molecule has 0 aliphatic carbocycles. The second-order valence-corrected chi connectivity index (χ2v) is 8.24. The van der Waals surface area contributed by atoms with Crippen LogP contribution in [0.25, 0.3) is 0 Å². The molecule has 146 valence electrons. The molecule has 8 heteroatoms. The predicted octanol–water partition coefficient (Wildman–Crippen LogP) is 1.77. The Morgan fingerprint density at radius 2 is 1.96 bits per heavy atom. The zero-order valence-corrected chi connectivity index (χ0v) is 15.9. The zero-order chi connectivity index (χ0) is 19.2. The third kappa shape index (κ3) is 5.38. The molecule has 0 unspecified atom stereocenters. The molecule has 7 nitrogen and oxygen atoms in total. The van der Waals surface area contributed by atoms with Crippen LogP contribution in [0, 0.1) is 0 Å². The Labute approximate surface area is 162 Å². The fourth-order valence-corrected chi connectivity index (χ4v) is 5.07. The fourth-order valence-electron chi connectivity index (χ4n) is 3.52. The summed E-state index contributed by atoms with van der Waals surface area (Å²) in [6.45, 7) is 0.547. The van der Waals surface area contributed by atoms with Gasteiger partial charge in [-0.25, -0.2) is 9.59 Å². The molecule has 3 atom stereocenters. The SMILES string of the molecule is O=C(CCCC[C@@H]1SC[C@@H]2NC(=O)N[C@@H]21)NCCc1ccc(C(=O)O)cc1. The molecule has 27 heavy (non-hydrogen) atoms. The Balaban J connectivity index is 1.27. The second kappa shape index (κ2) is 9.12. The van der Waals surface area contributed by atoms with Gasteiger partial charge in [-0.1, -0.05) is 18.6 Å². The standard InChI is InChI=1S/C19H25N3O4S/c23-16(20-10-9-12-5-7-13(8-6-12)18(24)25)4-2-1-3-15-17-14(11-27-15)21-19(26)22-17/h5-8,14-15,17H,1-4,9-11H2,(H,20,23)(H,24,25)(H2,21,22,26)/t14-,15-,17-/m0/s1. The van der Waals surface area contributed by atoms with Gasteiger partial charge < -0.3 is 21.1 Å². The average Bonchev–Trinajstić information content (AvgIpc) is 3.18. The molecule has 4 N–H and O–H groups in total. The molecule has 1 aromatic carbocycles. The minimum absolute atomic E-state index is 0.0462. The van der Waals surface area contributed by atoms with Crippen LogP contribution in [-0.2, 0) is 11.2 Å². The zero-order valence-electron chi connectivity index (χ0n) is 15.1. The van der Waals surface area contributed by atoms with E-state index >= 15 is 0 Å². The van der Waals surface area contributed by atoms with Crippen molar-refractivity contribution >= 4 is 29.7 Å². The summed E-state index contributed by atoms with van der Waals surface area (Å²) in [5, 5.41) is 18.1. The molecule has 1 aromatic rings. The largest absolute Gasteiger partial charge is 0.478 e. The quantitative estimate of drug-likeness (QED) is 0.379. The molecular formula is C19H25N3O4S. The molecule has 2 aliphatic heterocycles. The van der Waals surface area contributed by atoms with Crippen molar-refractivity contribution in [1.29, 1.82) is 0 Å². The first-order valence-electron chi connectivity index (χ1n) is 9.30. The highest BCUT2D eigenvalue weighted by Gasteiger charge is 2.42. The van der Waals surface area contributed by atoms with E-state index < -0.39 is 5.97 Å². The molecule has 0 spiro atoms. The summed E-state index contributed by atoms with van der Waals surface area (Å²) in [6, 6.07) is 7.12. The van der Waals surface area contributed by atoms with Gasteiger partial charge in [0.2, 0.25) is 5.91 Å². The van der Waals surface area contributed by atoms with Crippen LogP contribution in [0.1, 0.15) is 41.6 Å². The van der Waals surface area contributed by atoms with Gasteiger partial charge in [-0.3, -0.25) is 4.79 Å². The van der Waals surface area contributed by atoms with Gasteiger partial charge in [0.05, 0.1) is 17.6 Å². The number of thioether (sulfide) groups is 1. The highest BCUT2D eigenvalue weighted by Crippen LogP contribution is 2.33. The number of carbonyl (C=O) groups excluding carboxylic acids is 2. The Morgan fingerprint density at radius 1 is 1.19 bits per heavy atom. The van der Waals surface area contributed by atoms with Gasteiger partial charge in [-0.15, -0.1) is 0 Å². The van der Waals surface area contributed by atoms with Crippen molar-refractivity contribution in [1.82, 2.24) is 16.0 Å². The van der Waals surface area contributed by atoms with Crippen LogP contribution in [0.5, 0.6) is 0 Å². The highest BCUT2D eigenvalue weighted by atomic mass is 32.2. The Morgan fingerprint density at radius 3 is 2.70 bits per heavy atom. The summed E-state index contributed by atoms with van der Waals surface area (Å²) >= 11 is 1.89. The van der Waals surface area contributed by atoms with Crippen LogP contribution in [0.15, 0.2) is 24.3 Å². The lowest BCUT2D eigenvalue weighted by Crippen LogP contribution is -2.36. The molecule has 2 aliphatic rings. The van der Waals surface area contributed by atoms with Gasteiger partial charge in [0.25, 0.3) is 0 Å². The number of urea groups is 1. The van der Waals surface area contributed by atoms with Crippen molar-refractivity contribution in [3.8, 4) is 0 Å². The van der Waals surface area contributed by atoms with Crippen molar-refractivity contribution in [3.05, 3.63) is 35.4 Å². The molecule has 3 rings (SSSR count). The number of amides is 3. The Hall–Kier alpha value is -2.22. The van der Waals surface area contributed by atoms with Crippen molar-refractivity contribution < 1.29 is 19.5 Å². The molecule has 2 fully saturated rings. The van der Waals surface area contributed by atoms with E-state index in [4.69, 9.17) is 5.11 Å². The lowest BCUT2D eigenvalue weighted by atomic mass is 10.0. The fraction of sp³-hybridized carbons (Fsp3) is 0.526. The van der Waals surface area contributed by atoms with Crippen LogP contribution in [0.2, 0.25) is 0 Å². The molecule has 2 heterocycles. The van der Waals surface area contributed by atoms with Gasteiger partial charge in [0, 0.05) is 24.0 Å². The van der Waals surface area contributed by atoms with E-state index in [-0.39, 0.29) is 29.6 Å². The second-order valence-electron chi connectivity index (χ2n) is 6.97.